The van der Waals surface area contributed by atoms with Crippen molar-refractivity contribution in [2.45, 2.75) is 6.61 Å². The number of ether oxygens (including phenoxy) is 1. The van der Waals surface area contributed by atoms with Gasteiger partial charge < -0.3 is 4.74 Å². The Balaban J connectivity index is 1.59. The topological polar surface area (TPSA) is 119 Å². The molecule has 4 amide bonds. The highest BCUT2D eigenvalue weighted by atomic mass is 127. The van der Waals surface area contributed by atoms with Crippen molar-refractivity contribution in [1.82, 2.24) is 5.32 Å². The van der Waals surface area contributed by atoms with E-state index in [4.69, 9.17) is 4.74 Å². The summed E-state index contributed by atoms with van der Waals surface area (Å²) in [6.45, 7) is 0.0757. The molecular weight excluding hydrogens is 652 g/mol. The molecule has 36 heavy (non-hydrogen) atoms. The number of carbonyl (C=O) groups excluding carboxylic acids is 3. The lowest BCUT2D eigenvalue weighted by Crippen LogP contribution is -2.54. The van der Waals surface area contributed by atoms with E-state index in [2.05, 4.69) is 21.2 Å². The fraction of sp³-hybridized carbons (Fsp3) is 0.0417. The van der Waals surface area contributed by atoms with Crippen LogP contribution >= 0.6 is 38.5 Å². The van der Waals surface area contributed by atoms with Gasteiger partial charge in [-0.05, 0) is 92.1 Å². The van der Waals surface area contributed by atoms with Crippen LogP contribution in [0, 0.1) is 19.5 Å². The minimum Gasteiger partial charge on any atom is -0.487 e. The van der Waals surface area contributed by atoms with Gasteiger partial charge in [-0.15, -0.1) is 0 Å². The molecule has 1 saturated heterocycles. The highest BCUT2D eigenvalue weighted by Crippen LogP contribution is 2.34. The first-order valence-electron chi connectivity index (χ1n) is 10.2. The molecule has 0 spiro atoms. The van der Waals surface area contributed by atoms with E-state index < -0.39 is 28.6 Å². The Morgan fingerprint density at radius 2 is 1.83 bits per heavy atom. The number of hydrogen-bond acceptors (Lipinski definition) is 6. The summed E-state index contributed by atoms with van der Waals surface area (Å²) in [7, 11) is 0. The molecule has 9 nitrogen and oxygen atoms in total. The van der Waals surface area contributed by atoms with Gasteiger partial charge in [0.2, 0.25) is 0 Å². The van der Waals surface area contributed by atoms with Crippen molar-refractivity contribution in [2.24, 2.45) is 0 Å². The minimum absolute atomic E-state index is 0.0459. The van der Waals surface area contributed by atoms with Crippen molar-refractivity contribution in [3.63, 3.8) is 0 Å². The number of amides is 4. The first-order chi connectivity index (χ1) is 17.1. The predicted octanol–water partition coefficient (Wildman–Crippen LogP) is 5.35. The van der Waals surface area contributed by atoms with Crippen LogP contribution in [0.4, 0.5) is 20.6 Å². The van der Waals surface area contributed by atoms with E-state index in [1.165, 1.54) is 30.3 Å². The largest absolute Gasteiger partial charge is 0.487 e. The first kappa shape index (κ1) is 25.4. The average molecular weight is 666 g/mol. The lowest BCUT2D eigenvalue weighted by molar-refractivity contribution is -0.384. The summed E-state index contributed by atoms with van der Waals surface area (Å²) in [4.78, 5) is 49.0. The van der Waals surface area contributed by atoms with Gasteiger partial charge in [-0.3, -0.25) is 25.0 Å². The highest BCUT2D eigenvalue weighted by molar-refractivity contribution is 14.1. The molecular formula is C24H14BrFIN3O6. The van der Waals surface area contributed by atoms with Crippen LogP contribution in [0.5, 0.6) is 5.75 Å². The number of nitro groups is 1. The number of benzene rings is 3. The van der Waals surface area contributed by atoms with E-state index in [0.717, 1.165) is 17.0 Å². The number of barbiturate groups is 1. The summed E-state index contributed by atoms with van der Waals surface area (Å²) in [5.74, 6) is -1.79. The molecule has 1 aliphatic rings. The first-order valence-corrected chi connectivity index (χ1v) is 12.0. The van der Waals surface area contributed by atoms with E-state index in [0.29, 0.717) is 24.9 Å². The maximum absolute atomic E-state index is 13.3. The number of nitro benzene ring substituents is 1. The number of anilines is 1. The summed E-state index contributed by atoms with van der Waals surface area (Å²) in [5, 5.41) is 13.1. The Morgan fingerprint density at radius 3 is 2.50 bits per heavy atom. The molecule has 3 aromatic rings. The van der Waals surface area contributed by atoms with Gasteiger partial charge in [-0.1, -0.05) is 12.1 Å². The predicted molar refractivity (Wildman–Crippen MR) is 140 cm³/mol. The van der Waals surface area contributed by atoms with Crippen LogP contribution in [-0.2, 0) is 16.2 Å². The molecule has 0 radical (unpaired) electrons. The molecule has 3 aromatic carbocycles. The zero-order chi connectivity index (χ0) is 26.0. The minimum atomic E-state index is -0.936. The second-order valence-electron chi connectivity index (χ2n) is 7.46. The summed E-state index contributed by atoms with van der Waals surface area (Å²) >= 11 is 5.43. The zero-order valence-corrected chi connectivity index (χ0v) is 21.8. The van der Waals surface area contributed by atoms with Crippen molar-refractivity contribution in [2.75, 3.05) is 4.90 Å². The summed E-state index contributed by atoms with van der Waals surface area (Å²) < 4.78 is 20.3. The Hall–Kier alpha value is -3.65. The van der Waals surface area contributed by atoms with Crippen LogP contribution in [-0.4, -0.2) is 22.8 Å². The summed E-state index contributed by atoms with van der Waals surface area (Å²) in [5.41, 5.74) is 0.856. The van der Waals surface area contributed by atoms with Gasteiger partial charge in [0.1, 0.15) is 23.7 Å². The number of carbonyl (C=O) groups is 3. The smallest absolute Gasteiger partial charge is 0.335 e. The number of non-ortho nitro benzene ring substituents is 1. The molecule has 182 valence electrons. The second kappa shape index (κ2) is 10.5. The van der Waals surface area contributed by atoms with Crippen LogP contribution in [0.15, 0.2) is 70.7 Å². The van der Waals surface area contributed by atoms with Crippen molar-refractivity contribution in [1.29, 1.82) is 0 Å². The van der Waals surface area contributed by atoms with Gasteiger partial charge in [-0.2, -0.15) is 0 Å². The molecule has 1 N–H and O–H groups in total. The standard InChI is InChI=1S/C24H14BrFIN3O6/c25-19-10-14(11-20(27)21(19)36-12-13-2-1-3-17(8-13)30(34)35)9-18-22(31)28-24(33)29(23(18)32)16-6-4-15(26)5-7-16/h1-11H,12H2,(H,28,31,33)/b18-9+. The number of nitrogens with zero attached hydrogens (tertiary/aromatic N) is 2. The van der Waals surface area contributed by atoms with E-state index in [1.54, 1.807) is 24.3 Å². The lowest BCUT2D eigenvalue weighted by Gasteiger charge is -2.26. The molecule has 4 rings (SSSR count). The molecule has 0 unspecified atom stereocenters. The van der Waals surface area contributed by atoms with Gasteiger partial charge in [0.25, 0.3) is 17.5 Å². The lowest BCUT2D eigenvalue weighted by atomic mass is 10.1. The van der Waals surface area contributed by atoms with Gasteiger partial charge in [0.05, 0.1) is 18.7 Å². The summed E-state index contributed by atoms with van der Waals surface area (Å²) in [6.07, 6.45) is 1.33. The van der Waals surface area contributed by atoms with Crippen molar-refractivity contribution >= 4 is 73.8 Å². The highest BCUT2D eigenvalue weighted by Gasteiger charge is 2.36. The van der Waals surface area contributed by atoms with Crippen LogP contribution in [0.1, 0.15) is 11.1 Å². The van der Waals surface area contributed by atoms with Crippen molar-refractivity contribution < 1.29 is 28.4 Å². The van der Waals surface area contributed by atoms with Crippen LogP contribution in [0.3, 0.4) is 0 Å². The number of halogens is 3. The Bertz CT molecular complexity index is 1420. The third-order valence-corrected chi connectivity index (χ3v) is 6.41. The van der Waals surface area contributed by atoms with Gasteiger partial charge in [0, 0.05) is 12.1 Å². The monoisotopic (exact) mass is 665 g/mol. The van der Waals surface area contributed by atoms with E-state index in [-0.39, 0.29) is 23.6 Å². The quantitative estimate of drug-likeness (QED) is 0.125. The maximum Gasteiger partial charge on any atom is 0.335 e. The maximum atomic E-state index is 13.3. The molecule has 0 aromatic heterocycles. The third kappa shape index (κ3) is 5.44. The normalized spacial score (nSPS) is 14.7. The van der Waals surface area contributed by atoms with E-state index >= 15 is 0 Å². The Morgan fingerprint density at radius 1 is 1.11 bits per heavy atom. The molecule has 1 fully saturated rings. The van der Waals surface area contributed by atoms with E-state index in [9.17, 15) is 28.9 Å². The Labute approximate surface area is 225 Å². The van der Waals surface area contributed by atoms with Crippen LogP contribution in [0.2, 0.25) is 0 Å². The number of nitrogens with one attached hydrogen (secondary N) is 1. The van der Waals surface area contributed by atoms with Crippen LogP contribution < -0.4 is 15.0 Å². The molecule has 12 heteroatoms. The molecule has 1 aliphatic heterocycles. The summed E-state index contributed by atoms with van der Waals surface area (Å²) in [6, 6.07) is 13.1. The van der Waals surface area contributed by atoms with Gasteiger partial charge in [0.15, 0.2) is 0 Å². The molecule has 1 heterocycles. The average Bonchev–Trinajstić information content (AvgIpc) is 2.82. The van der Waals surface area contributed by atoms with Crippen LogP contribution in [0.25, 0.3) is 6.08 Å². The number of urea groups is 1. The molecule has 0 saturated carbocycles. The zero-order valence-electron chi connectivity index (χ0n) is 18.0. The molecule has 0 aliphatic carbocycles. The number of rotatable bonds is 6. The fourth-order valence-electron chi connectivity index (χ4n) is 3.36. The van der Waals surface area contributed by atoms with Crippen molar-refractivity contribution in [3.05, 3.63) is 101 Å². The Kier molecular flexibility index (Phi) is 7.45. The molecule has 0 atom stereocenters. The van der Waals surface area contributed by atoms with Gasteiger partial charge in [-0.25, -0.2) is 14.1 Å². The third-order valence-electron chi connectivity index (χ3n) is 5.02. The number of imide groups is 2. The fourth-order valence-corrected chi connectivity index (χ4v) is 5.13. The number of hydrogen-bond donors (Lipinski definition) is 1. The van der Waals surface area contributed by atoms with E-state index in [1.807, 2.05) is 22.6 Å². The second-order valence-corrected chi connectivity index (χ2v) is 9.48. The molecule has 0 bridgehead atoms. The van der Waals surface area contributed by atoms with Gasteiger partial charge >= 0.3 is 6.03 Å². The SMILES string of the molecule is O=C1NC(=O)N(c2ccc(F)cc2)C(=O)/C1=C/c1cc(Br)c(OCc2cccc([N+](=O)[O-])c2)c(I)c1. The van der Waals surface area contributed by atoms with Crippen molar-refractivity contribution in [3.8, 4) is 5.75 Å².